The van der Waals surface area contributed by atoms with Crippen molar-refractivity contribution in [1.29, 1.82) is 0 Å². The molecule has 0 aromatic rings. The number of carboxylic acid groups (broad SMARTS) is 1. The van der Waals surface area contributed by atoms with Crippen molar-refractivity contribution in [1.82, 2.24) is 5.32 Å². The number of carbonyl (C=O) groups is 2. The second kappa shape index (κ2) is 8.40. The molecule has 184 valence electrons. The predicted molar refractivity (Wildman–Crippen MR) is 71.5 cm³/mol. The number of hydrogen-bond donors (Lipinski definition) is 2. The van der Waals surface area contributed by atoms with Gasteiger partial charge in [-0.3, -0.25) is 0 Å². The molecular formula is C13H12F13NO4. The Kier molecular flexibility index (Phi) is 7.81. The molecule has 0 bridgehead atoms. The molecule has 18 heteroatoms. The van der Waals surface area contributed by atoms with Gasteiger partial charge in [-0.1, -0.05) is 6.92 Å². The molecule has 0 aliphatic carbocycles. The van der Waals surface area contributed by atoms with E-state index in [1.165, 1.54) is 0 Å². The highest BCUT2D eigenvalue weighted by Crippen LogP contribution is 2.61. The molecule has 0 saturated carbocycles. The Morgan fingerprint density at radius 2 is 1.19 bits per heavy atom. The maximum atomic E-state index is 14.0. The molecule has 2 atom stereocenters. The van der Waals surface area contributed by atoms with Gasteiger partial charge in [0.1, 0.15) is 6.04 Å². The molecule has 0 aromatic carbocycles. The minimum Gasteiger partial charge on any atom is -0.480 e. The Balaban J connectivity index is 6.42. The van der Waals surface area contributed by atoms with Crippen molar-refractivity contribution in [3.63, 3.8) is 0 Å². The van der Waals surface area contributed by atoms with Crippen molar-refractivity contribution in [3.05, 3.63) is 0 Å². The van der Waals surface area contributed by atoms with Gasteiger partial charge < -0.3 is 15.2 Å². The number of rotatable bonds is 9. The van der Waals surface area contributed by atoms with E-state index < -0.39 is 66.4 Å². The van der Waals surface area contributed by atoms with E-state index >= 15 is 0 Å². The van der Waals surface area contributed by atoms with Crippen molar-refractivity contribution in [2.45, 2.75) is 55.7 Å². The van der Waals surface area contributed by atoms with Crippen LogP contribution < -0.4 is 5.32 Å². The van der Waals surface area contributed by atoms with E-state index in [9.17, 15) is 66.7 Å². The van der Waals surface area contributed by atoms with Crippen LogP contribution in [0.4, 0.5) is 61.9 Å². The average molecular weight is 493 g/mol. The third-order valence-electron chi connectivity index (χ3n) is 3.84. The Morgan fingerprint density at radius 3 is 1.52 bits per heavy atom. The normalized spacial score (nSPS) is 16.5. The molecular weight excluding hydrogens is 481 g/mol. The summed E-state index contributed by atoms with van der Waals surface area (Å²) in [6.45, 7) is 0.246. The Morgan fingerprint density at radius 1 is 0.806 bits per heavy atom. The lowest BCUT2D eigenvalue weighted by atomic mass is 9.84. The lowest BCUT2D eigenvalue weighted by Gasteiger charge is -2.42. The lowest BCUT2D eigenvalue weighted by Crippen LogP contribution is -2.72. The summed E-state index contributed by atoms with van der Waals surface area (Å²) in [6.07, 6.45) is -9.44. The van der Waals surface area contributed by atoms with Gasteiger partial charge in [0.2, 0.25) is 0 Å². The van der Waals surface area contributed by atoms with Gasteiger partial charge >= 0.3 is 47.9 Å². The zero-order chi connectivity index (χ0) is 25.4. The summed E-state index contributed by atoms with van der Waals surface area (Å²) in [4.78, 5) is 22.1. The monoisotopic (exact) mass is 493 g/mol. The van der Waals surface area contributed by atoms with Crippen LogP contribution in [0.5, 0.6) is 0 Å². The molecule has 0 spiro atoms. The number of halogens is 13. The number of amides is 1. The van der Waals surface area contributed by atoms with Crippen LogP contribution in [0.2, 0.25) is 0 Å². The van der Waals surface area contributed by atoms with E-state index in [2.05, 4.69) is 4.74 Å². The number of hydrogen-bond acceptors (Lipinski definition) is 3. The minimum absolute atomic E-state index is 0.297. The highest BCUT2D eigenvalue weighted by Gasteiger charge is 2.91. The van der Waals surface area contributed by atoms with Crippen LogP contribution in [0, 0.1) is 5.92 Å². The topological polar surface area (TPSA) is 75.6 Å². The van der Waals surface area contributed by atoms with Crippen LogP contribution in [-0.2, 0) is 9.53 Å². The molecule has 0 heterocycles. The largest absolute Gasteiger partial charge is 0.480 e. The number of carboxylic acids is 1. The maximum Gasteiger partial charge on any atom is 0.460 e. The van der Waals surface area contributed by atoms with Gasteiger partial charge in [0.05, 0.1) is 12.5 Å². The van der Waals surface area contributed by atoms with E-state index in [-0.39, 0.29) is 6.92 Å². The number of ether oxygens (including phenoxy) is 1. The summed E-state index contributed by atoms with van der Waals surface area (Å²) in [5.74, 6) is -44.8. The van der Waals surface area contributed by atoms with Gasteiger partial charge in [-0.2, -0.15) is 57.1 Å². The van der Waals surface area contributed by atoms with Crippen molar-refractivity contribution < 1.29 is 76.5 Å². The number of carbonyl (C=O) groups excluding carboxylic acids is 1. The van der Waals surface area contributed by atoms with E-state index in [1.807, 2.05) is 0 Å². The summed E-state index contributed by atoms with van der Waals surface area (Å²) < 4.78 is 174. The first-order valence-corrected chi connectivity index (χ1v) is 7.57. The van der Waals surface area contributed by atoms with E-state index in [0.29, 0.717) is 0 Å². The number of aliphatic carboxylic acids is 1. The zero-order valence-corrected chi connectivity index (χ0v) is 14.9. The van der Waals surface area contributed by atoms with Gasteiger partial charge in [-0.15, -0.1) is 0 Å². The Hall–Kier alpha value is -2.17. The molecule has 31 heavy (non-hydrogen) atoms. The van der Waals surface area contributed by atoms with Crippen molar-refractivity contribution >= 4 is 12.1 Å². The third-order valence-corrected chi connectivity index (χ3v) is 3.84. The Labute approximate surface area is 163 Å². The SMILES string of the molecule is CCOC(=O)NC(C(=O)O)C(C)C(F)(F)C(F)(F)C(F)(F)C(F)(F)C(F)(F)C(F)(F)F. The zero-order valence-electron chi connectivity index (χ0n) is 14.9. The first-order valence-electron chi connectivity index (χ1n) is 7.57. The Bertz CT molecular complexity index is 677. The average Bonchev–Trinajstić information content (AvgIpc) is 2.57. The first kappa shape index (κ1) is 28.8. The van der Waals surface area contributed by atoms with E-state index in [4.69, 9.17) is 5.11 Å². The van der Waals surface area contributed by atoms with Crippen molar-refractivity contribution in [2.24, 2.45) is 5.92 Å². The van der Waals surface area contributed by atoms with Crippen LogP contribution in [-0.4, -0.2) is 65.6 Å². The van der Waals surface area contributed by atoms with Crippen LogP contribution in [0.1, 0.15) is 13.8 Å². The predicted octanol–water partition coefficient (Wildman–Crippen LogP) is 4.56. The lowest BCUT2D eigenvalue weighted by molar-refractivity contribution is -0.443. The standard InChI is InChI=1S/C13H12F13NO4/c1-3-31-7(30)27-5(6(28)29)4(2)8(14,15)9(16,17)10(18,19)11(20,21)12(22,23)13(24,25)26/h4-5H,3H2,1-2H3,(H,27,30)(H,28,29). The summed E-state index contributed by atoms with van der Waals surface area (Å²) in [6, 6.07) is -3.26. The van der Waals surface area contributed by atoms with Gasteiger partial charge in [-0.25, -0.2) is 9.59 Å². The highest BCUT2D eigenvalue weighted by molar-refractivity contribution is 5.80. The minimum atomic E-state index is -8.11. The second-order valence-corrected chi connectivity index (χ2v) is 5.89. The number of alkyl carbamates (subject to hydrolysis) is 1. The summed E-state index contributed by atoms with van der Waals surface area (Å²) in [5.41, 5.74) is 0. The van der Waals surface area contributed by atoms with Crippen LogP contribution in [0.3, 0.4) is 0 Å². The fourth-order valence-corrected chi connectivity index (χ4v) is 1.98. The molecule has 0 aromatic heterocycles. The molecule has 0 saturated heterocycles. The van der Waals surface area contributed by atoms with E-state index in [0.717, 1.165) is 12.2 Å². The van der Waals surface area contributed by atoms with Gasteiger partial charge in [0, 0.05) is 0 Å². The molecule has 2 unspecified atom stereocenters. The molecule has 1 amide bonds. The molecule has 2 N–H and O–H groups in total. The smallest absolute Gasteiger partial charge is 0.460 e. The number of nitrogens with one attached hydrogen (secondary N) is 1. The molecule has 0 radical (unpaired) electrons. The third kappa shape index (κ3) is 4.56. The summed E-state index contributed by atoms with van der Waals surface area (Å²) >= 11 is 0. The van der Waals surface area contributed by atoms with Crippen LogP contribution >= 0.6 is 0 Å². The molecule has 0 aliphatic heterocycles. The molecule has 0 rings (SSSR count). The van der Waals surface area contributed by atoms with Gasteiger partial charge in [0.15, 0.2) is 0 Å². The molecule has 0 aliphatic rings. The summed E-state index contributed by atoms with van der Waals surface area (Å²) in [7, 11) is 0. The maximum absolute atomic E-state index is 14.0. The van der Waals surface area contributed by atoms with Crippen LogP contribution in [0.15, 0.2) is 0 Å². The second-order valence-electron chi connectivity index (χ2n) is 5.89. The van der Waals surface area contributed by atoms with Crippen molar-refractivity contribution in [3.8, 4) is 0 Å². The highest BCUT2D eigenvalue weighted by atomic mass is 19.4. The molecule has 5 nitrogen and oxygen atoms in total. The number of alkyl halides is 13. The fourth-order valence-electron chi connectivity index (χ4n) is 1.98. The summed E-state index contributed by atoms with van der Waals surface area (Å²) in [5, 5.41) is 9.74. The van der Waals surface area contributed by atoms with Crippen LogP contribution in [0.25, 0.3) is 0 Å². The van der Waals surface area contributed by atoms with Gasteiger partial charge in [0.25, 0.3) is 0 Å². The van der Waals surface area contributed by atoms with Gasteiger partial charge in [-0.05, 0) is 6.92 Å². The van der Waals surface area contributed by atoms with E-state index in [1.54, 1.807) is 0 Å². The molecule has 0 fully saturated rings. The first-order chi connectivity index (χ1) is 13.4. The quantitative estimate of drug-likeness (QED) is 0.462. The fraction of sp³-hybridized carbons (Fsp3) is 0.846. The van der Waals surface area contributed by atoms with Crippen molar-refractivity contribution in [2.75, 3.05) is 6.61 Å².